The quantitative estimate of drug-likeness (QED) is 0.364. The van der Waals surface area contributed by atoms with E-state index >= 15 is 0 Å². The lowest BCUT2D eigenvalue weighted by molar-refractivity contribution is -0.225. The third-order valence-corrected chi connectivity index (χ3v) is 6.51. The van der Waals surface area contributed by atoms with Gasteiger partial charge in [-0.25, -0.2) is 4.98 Å². The van der Waals surface area contributed by atoms with Gasteiger partial charge in [0.1, 0.15) is 0 Å². The Morgan fingerprint density at radius 2 is 1.70 bits per heavy atom. The van der Waals surface area contributed by atoms with Crippen LogP contribution in [-0.4, -0.2) is 66.7 Å². The summed E-state index contributed by atoms with van der Waals surface area (Å²) >= 11 is 0. The van der Waals surface area contributed by atoms with Crippen LogP contribution in [-0.2, 0) is 15.8 Å². The fourth-order valence-corrected chi connectivity index (χ4v) is 4.63. The Kier molecular flexibility index (Phi) is 6.14. The van der Waals surface area contributed by atoms with Gasteiger partial charge in [-0.2, -0.15) is 36.3 Å². The van der Waals surface area contributed by atoms with Gasteiger partial charge < -0.3 is 29.7 Å². The van der Waals surface area contributed by atoms with Crippen molar-refractivity contribution in [3.63, 3.8) is 0 Å². The normalized spacial score (nSPS) is 16.9. The van der Waals surface area contributed by atoms with Gasteiger partial charge in [-0.1, -0.05) is 0 Å². The van der Waals surface area contributed by atoms with E-state index in [-0.39, 0.29) is 36.5 Å². The van der Waals surface area contributed by atoms with E-state index in [9.17, 15) is 40.7 Å². The number of imidazole rings is 1. The maximum atomic E-state index is 13.2. The number of aromatic nitrogens is 4. The molecule has 186 valence electrons. The molecule has 0 spiro atoms. The lowest BCUT2D eigenvalue weighted by Crippen LogP contribution is -2.46. The van der Waals surface area contributed by atoms with Gasteiger partial charge in [0.25, 0.3) is 0 Å². The van der Waals surface area contributed by atoms with Crippen LogP contribution in [0.3, 0.4) is 0 Å². The number of nitrogens with two attached hydrogens (primary N) is 1. The molecule has 1 aliphatic carbocycles. The van der Waals surface area contributed by atoms with E-state index in [0.29, 0.717) is 5.82 Å². The van der Waals surface area contributed by atoms with E-state index in [0.717, 1.165) is 0 Å². The first-order chi connectivity index (χ1) is 14.9. The molecule has 1 saturated carbocycles. The minimum atomic E-state index is -6.06. The Balaban J connectivity index is 2.02. The maximum Gasteiger partial charge on any atom is 0.392 e. The molecule has 1 aliphatic rings. The molecule has 0 atom stereocenters. The highest BCUT2D eigenvalue weighted by Crippen LogP contribution is 2.63. The molecule has 0 saturated heterocycles. The van der Waals surface area contributed by atoms with Crippen molar-refractivity contribution < 1.29 is 45.4 Å². The Morgan fingerprint density at radius 1 is 1.15 bits per heavy atom. The first-order valence-electron chi connectivity index (χ1n) is 9.40. The lowest BCUT2D eigenvalue weighted by atomic mass is 10.1. The molecule has 0 bridgehead atoms. The molecule has 2 heterocycles. The van der Waals surface area contributed by atoms with Crippen molar-refractivity contribution in [2.45, 2.75) is 55.5 Å². The molecule has 0 aliphatic heterocycles. The van der Waals surface area contributed by atoms with Crippen molar-refractivity contribution in [1.29, 1.82) is 0 Å². The van der Waals surface area contributed by atoms with E-state index in [1.54, 1.807) is 19.0 Å². The first kappa shape index (κ1) is 25.5. The van der Waals surface area contributed by atoms with E-state index < -0.39 is 43.7 Å². The molecule has 0 amide bonds. The summed E-state index contributed by atoms with van der Waals surface area (Å²) in [6.45, 7) is -0.357. The summed E-state index contributed by atoms with van der Waals surface area (Å²) in [5.41, 5.74) is 4.38. The monoisotopic (exact) mass is 506 g/mol. The molecular formula is C16H21F6N6O4P. The number of halogens is 6. The molecule has 10 nitrogen and oxygen atoms in total. The topological polar surface area (TPSA) is 140 Å². The Bertz CT molecular complexity index is 1060. The number of hydrogen-bond acceptors (Lipinski definition) is 7. The summed E-state index contributed by atoms with van der Waals surface area (Å²) in [6, 6.07) is 0. The van der Waals surface area contributed by atoms with Gasteiger partial charge in [-0.15, -0.1) is 0 Å². The van der Waals surface area contributed by atoms with Crippen LogP contribution in [0, 0.1) is 0 Å². The number of ether oxygens (including phenoxy) is 1. The smallest absolute Gasteiger partial charge is 0.368 e. The zero-order chi connectivity index (χ0) is 25.0. The average molecular weight is 506 g/mol. The van der Waals surface area contributed by atoms with E-state index in [1.165, 1.54) is 10.9 Å². The Hall–Kier alpha value is -2.16. The third-order valence-electron chi connectivity index (χ3n) is 5.04. The van der Waals surface area contributed by atoms with E-state index in [2.05, 4.69) is 15.0 Å². The third kappa shape index (κ3) is 5.67. The van der Waals surface area contributed by atoms with Crippen LogP contribution in [0.15, 0.2) is 6.33 Å². The number of nitrogens with zero attached hydrogens (tertiary/aromatic N) is 5. The van der Waals surface area contributed by atoms with E-state index in [4.69, 9.17) is 10.5 Å². The molecule has 3 rings (SSSR count). The predicted molar refractivity (Wildman–Crippen MR) is 103 cm³/mol. The molecule has 2 aromatic rings. The molecule has 4 N–H and O–H groups in total. The van der Waals surface area contributed by atoms with Gasteiger partial charge in [-0.3, -0.25) is 4.57 Å². The molecule has 2 aromatic heterocycles. The zero-order valence-corrected chi connectivity index (χ0v) is 18.2. The lowest BCUT2D eigenvalue weighted by Gasteiger charge is -2.38. The Morgan fingerprint density at radius 3 is 2.12 bits per heavy atom. The SMILES string of the molecule is CN(C)c1nc(N)nc2c1ncn2CC1(OC(CC(F)(F)F)(CC(F)(F)F)P(=O)(O)O)CC1. The zero-order valence-electron chi connectivity index (χ0n) is 17.4. The molecule has 0 aromatic carbocycles. The molecule has 0 unspecified atom stereocenters. The van der Waals surface area contributed by atoms with Crippen LogP contribution in [0.5, 0.6) is 0 Å². The van der Waals surface area contributed by atoms with Crippen molar-refractivity contribution >= 4 is 30.5 Å². The Labute approximate surface area is 182 Å². The van der Waals surface area contributed by atoms with Crippen LogP contribution in [0.25, 0.3) is 11.2 Å². The van der Waals surface area contributed by atoms with Crippen LogP contribution in [0.4, 0.5) is 38.1 Å². The summed E-state index contributed by atoms with van der Waals surface area (Å²) in [7, 11) is -2.77. The summed E-state index contributed by atoms with van der Waals surface area (Å²) in [6.07, 6.45) is -14.5. The predicted octanol–water partition coefficient (Wildman–Crippen LogP) is 2.80. The van der Waals surface area contributed by atoms with Crippen molar-refractivity contribution in [3.8, 4) is 0 Å². The van der Waals surface area contributed by atoms with Gasteiger partial charge in [-0.05, 0) is 12.8 Å². The second kappa shape index (κ2) is 7.96. The van der Waals surface area contributed by atoms with E-state index in [1.807, 2.05) is 0 Å². The number of anilines is 2. The summed E-state index contributed by atoms with van der Waals surface area (Å²) in [5.74, 6) is 0.165. The average Bonchev–Trinajstić information content (AvgIpc) is 3.21. The number of nitrogen functional groups attached to an aromatic ring is 1. The van der Waals surface area contributed by atoms with Gasteiger partial charge in [0.2, 0.25) is 5.95 Å². The second-order valence-electron chi connectivity index (χ2n) is 8.20. The highest BCUT2D eigenvalue weighted by Gasteiger charge is 2.64. The largest absolute Gasteiger partial charge is 0.392 e. The summed E-state index contributed by atoms with van der Waals surface area (Å²) < 4.78 is 97.4. The van der Waals surface area contributed by atoms with Crippen LogP contribution >= 0.6 is 7.60 Å². The van der Waals surface area contributed by atoms with Crippen molar-refractivity contribution in [2.75, 3.05) is 24.7 Å². The molecular weight excluding hydrogens is 485 g/mol. The maximum absolute atomic E-state index is 13.2. The fraction of sp³-hybridized carbons (Fsp3) is 0.688. The van der Waals surface area contributed by atoms with Gasteiger partial charge >= 0.3 is 19.9 Å². The fourth-order valence-electron chi connectivity index (χ4n) is 3.55. The van der Waals surface area contributed by atoms with Gasteiger partial charge in [0.15, 0.2) is 22.3 Å². The summed E-state index contributed by atoms with van der Waals surface area (Å²) in [5, 5.41) is -3.83. The van der Waals surface area contributed by atoms with Crippen molar-refractivity contribution in [3.05, 3.63) is 6.33 Å². The molecule has 17 heteroatoms. The minimum absolute atomic E-state index is 0.0365. The van der Waals surface area contributed by atoms with Crippen LogP contribution in [0.2, 0.25) is 0 Å². The highest BCUT2D eigenvalue weighted by atomic mass is 31.2. The highest BCUT2D eigenvalue weighted by molar-refractivity contribution is 7.53. The first-order valence-corrected chi connectivity index (χ1v) is 11.0. The number of rotatable bonds is 8. The van der Waals surface area contributed by atoms with Crippen LogP contribution < -0.4 is 10.6 Å². The number of hydrogen-bond donors (Lipinski definition) is 3. The van der Waals surface area contributed by atoms with Gasteiger partial charge in [0, 0.05) is 14.1 Å². The number of fused-ring (bicyclic) bond motifs is 1. The van der Waals surface area contributed by atoms with Crippen molar-refractivity contribution in [2.24, 2.45) is 0 Å². The second-order valence-corrected chi connectivity index (χ2v) is 10.1. The number of alkyl halides is 6. The standard InChI is InChI=1S/C16H21F6N6O4P/c1-27(2)10-9-11(26-12(23)25-10)28(8-24-9)7-13(3-4-13)32-14(33(29,30)31,5-15(17,18)19)6-16(20,21)22/h8H,3-7H2,1-2H3,(H2,23,25,26)(H2,29,30,31). The van der Waals surface area contributed by atoms with Crippen molar-refractivity contribution in [1.82, 2.24) is 19.5 Å². The molecule has 0 radical (unpaired) electrons. The summed E-state index contributed by atoms with van der Waals surface area (Å²) in [4.78, 5) is 33.0. The molecule has 33 heavy (non-hydrogen) atoms. The van der Waals surface area contributed by atoms with Gasteiger partial charge in [0.05, 0.1) is 31.3 Å². The molecule has 1 fully saturated rings. The minimum Gasteiger partial charge on any atom is -0.368 e. The van der Waals surface area contributed by atoms with Crippen LogP contribution in [0.1, 0.15) is 25.7 Å².